The Labute approximate surface area is 115 Å². The fourth-order valence-corrected chi connectivity index (χ4v) is 1.34. The fourth-order valence-electron chi connectivity index (χ4n) is 1.34. The molecule has 0 heterocycles. The van der Waals surface area contributed by atoms with Crippen LogP contribution in [0.2, 0.25) is 0 Å². The number of hydrogen-bond acceptors (Lipinski definition) is 4. The molecule has 0 aliphatic heterocycles. The van der Waals surface area contributed by atoms with Crippen LogP contribution in [0.15, 0.2) is 29.4 Å². The van der Waals surface area contributed by atoms with Crippen LogP contribution < -0.4 is 10.1 Å². The molecule has 7 heteroatoms. The van der Waals surface area contributed by atoms with Crippen molar-refractivity contribution in [1.29, 1.82) is 0 Å². The van der Waals surface area contributed by atoms with Crippen LogP contribution in [0.25, 0.3) is 0 Å². The number of amides is 1. The molecule has 0 aliphatic rings. The first kappa shape index (κ1) is 15.9. The Morgan fingerprint density at radius 1 is 1.40 bits per heavy atom. The lowest BCUT2D eigenvalue weighted by Crippen LogP contribution is -2.32. The molecule has 0 unspecified atom stereocenters. The Balaban J connectivity index is 2.51. The highest BCUT2D eigenvalue weighted by atomic mass is 19.3. The van der Waals surface area contributed by atoms with Crippen molar-refractivity contribution < 1.29 is 23.1 Å². The van der Waals surface area contributed by atoms with Gasteiger partial charge in [0.2, 0.25) is 0 Å². The van der Waals surface area contributed by atoms with Crippen molar-refractivity contribution in [2.24, 2.45) is 5.16 Å². The van der Waals surface area contributed by atoms with Crippen LogP contribution in [0.1, 0.15) is 19.4 Å². The maximum Gasteiger partial charge on any atom is 0.387 e. The minimum absolute atomic E-state index is 0.00949. The second-order valence-electron chi connectivity index (χ2n) is 4.15. The number of nitrogens with one attached hydrogen (secondary N) is 1. The van der Waals surface area contributed by atoms with E-state index in [0.717, 1.165) is 0 Å². The summed E-state index contributed by atoms with van der Waals surface area (Å²) in [4.78, 5) is 16.0. The van der Waals surface area contributed by atoms with Gasteiger partial charge < -0.3 is 14.9 Å². The molecule has 0 radical (unpaired) electrons. The smallest absolute Gasteiger partial charge is 0.387 e. The fraction of sp³-hybridized carbons (Fsp3) is 0.385. The van der Waals surface area contributed by atoms with Gasteiger partial charge >= 0.3 is 6.61 Å². The largest absolute Gasteiger partial charge is 0.434 e. The molecule has 1 rings (SSSR count). The first-order chi connectivity index (χ1) is 9.49. The molecule has 1 amide bonds. The van der Waals surface area contributed by atoms with E-state index in [9.17, 15) is 13.6 Å². The first-order valence-electron chi connectivity index (χ1n) is 5.97. The van der Waals surface area contributed by atoms with Crippen LogP contribution in [-0.2, 0) is 9.63 Å². The lowest BCUT2D eigenvalue weighted by atomic mass is 10.2. The summed E-state index contributed by atoms with van der Waals surface area (Å²) in [7, 11) is 0. The molecule has 0 bridgehead atoms. The van der Waals surface area contributed by atoms with Crippen molar-refractivity contribution in [3.05, 3.63) is 29.8 Å². The van der Waals surface area contributed by atoms with Crippen LogP contribution in [0.4, 0.5) is 8.78 Å². The molecule has 0 saturated heterocycles. The zero-order valence-electron chi connectivity index (χ0n) is 11.2. The summed E-state index contributed by atoms with van der Waals surface area (Å²) in [5, 5.41) is 6.16. The number of hydrogen-bond donors (Lipinski definition) is 1. The molecule has 0 saturated carbocycles. The van der Waals surface area contributed by atoms with Gasteiger partial charge in [-0.3, -0.25) is 4.79 Å². The van der Waals surface area contributed by atoms with Gasteiger partial charge in [0, 0.05) is 11.6 Å². The first-order valence-corrected chi connectivity index (χ1v) is 5.97. The Morgan fingerprint density at radius 2 is 2.10 bits per heavy atom. The number of ether oxygens (including phenoxy) is 1. The van der Waals surface area contributed by atoms with Gasteiger partial charge in [0.15, 0.2) is 6.61 Å². The number of oxime groups is 1. The van der Waals surface area contributed by atoms with Crippen molar-refractivity contribution in [1.82, 2.24) is 5.32 Å². The van der Waals surface area contributed by atoms with Gasteiger partial charge in [0.1, 0.15) is 5.75 Å². The lowest BCUT2D eigenvalue weighted by molar-refractivity contribution is -0.126. The Morgan fingerprint density at radius 3 is 2.75 bits per heavy atom. The van der Waals surface area contributed by atoms with E-state index in [1.807, 2.05) is 13.8 Å². The predicted molar refractivity (Wildman–Crippen MR) is 69.9 cm³/mol. The number of nitrogens with zero attached hydrogens (tertiary/aromatic N) is 1. The molecule has 0 spiro atoms. The molecule has 0 atom stereocenters. The van der Waals surface area contributed by atoms with E-state index in [1.165, 1.54) is 12.3 Å². The maximum atomic E-state index is 12.2. The monoisotopic (exact) mass is 286 g/mol. The molecule has 20 heavy (non-hydrogen) atoms. The Kier molecular flexibility index (Phi) is 6.42. The molecule has 1 N–H and O–H groups in total. The van der Waals surface area contributed by atoms with Gasteiger partial charge in [0.05, 0.1) is 6.21 Å². The highest BCUT2D eigenvalue weighted by Gasteiger charge is 2.07. The molecule has 0 aliphatic carbocycles. The number of halogens is 2. The van der Waals surface area contributed by atoms with Gasteiger partial charge in [-0.1, -0.05) is 17.3 Å². The van der Waals surface area contributed by atoms with Crippen molar-refractivity contribution in [2.45, 2.75) is 26.5 Å². The van der Waals surface area contributed by atoms with Crippen molar-refractivity contribution in [2.75, 3.05) is 6.61 Å². The second kappa shape index (κ2) is 8.08. The molecule has 1 aromatic rings. The van der Waals surface area contributed by atoms with E-state index < -0.39 is 6.61 Å². The lowest BCUT2D eigenvalue weighted by Gasteiger charge is -2.07. The summed E-state index contributed by atoms with van der Waals surface area (Å²) in [6.45, 7) is 0.479. The standard InChI is InChI=1S/C13H16F2N2O3/c1-9(2)17-12(18)8-19-16-7-10-5-3-4-6-11(10)20-13(14)15/h3-7,9,13H,8H2,1-2H3,(H,17,18)/b16-7+. The number of benzene rings is 1. The normalized spacial score (nSPS) is 11.1. The molecular weight excluding hydrogens is 270 g/mol. The summed E-state index contributed by atoms with van der Waals surface area (Å²) in [6.07, 6.45) is 1.21. The van der Waals surface area contributed by atoms with Gasteiger partial charge in [-0.15, -0.1) is 0 Å². The van der Waals surface area contributed by atoms with E-state index in [0.29, 0.717) is 5.56 Å². The zero-order chi connectivity index (χ0) is 15.0. The number of carbonyl (C=O) groups excluding carboxylic acids is 1. The quantitative estimate of drug-likeness (QED) is 0.617. The van der Waals surface area contributed by atoms with Crippen LogP contribution >= 0.6 is 0 Å². The van der Waals surface area contributed by atoms with Crippen molar-refractivity contribution in [3.63, 3.8) is 0 Å². The van der Waals surface area contributed by atoms with E-state index in [-0.39, 0.29) is 24.3 Å². The van der Waals surface area contributed by atoms with Crippen LogP contribution in [0, 0.1) is 0 Å². The minimum Gasteiger partial charge on any atom is -0.434 e. The minimum atomic E-state index is -2.91. The Bertz CT molecular complexity index is 465. The Hall–Kier alpha value is -2.18. The van der Waals surface area contributed by atoms with E-state index in [1.54, 1.807) is 18.2 Å². The molecule has 0 aromatic heterocycles. The molecule has 1 aromatic carbocycles. The number of alkyl halides is 2. The van der Waals surface area contributed by atoms with Crippen LogP contribution in [0.3, 0.4) is 0 Å². The van der Waals surface area contributed by atoms with Crippen molar-refractivity contribution >= 4 is 12.1 Å². The van der Waals surface area contributed by atoms with E-state index in [2.05, 4.69) is 15.2 Å². The van der Waals surface area contributed by atoms with Crippen LogP contribution in [-0.4, -0.2) is 31.4 Å². The van der Waals surface area contributed by atoms with Crippen LogP contribution in [0.5, 0.6) is 5.75 Å². The topological polar surface area (TPSA) is 59.9 Å². The van der Waals surface area contributed by atoms with E-state index in [4.69, 9.17) is 4.84 Å². The molecule has 5 nitrogen and oxygen atoms in total. The van der Waals surface area contributed by atoms with Gasteiger partial charge in [0.25, 0.3) is 5.91 Å². The average molecular weight is 286 g/mol. The average Bonchev–Trinajstić information content (AvgIpc) is 2.35. The number of carbonyl (C=O) groups is 1. The van der Waals surface area contributed by atoms with E-state index >= 15 is 0 Å². The van der Waals surface area contributed by atoms with Gasteiger partial charge in [-0.25, -0.2) is 0 Å². The van der Waals surface area contributed by atoms with Gasteiger partial charge in [-0.2, -0.15) is 8.78 Å². The third-order valence-electron chi connectivity index (χ3n) is 2.05. The summed E-state index contributed by atoms with van der Waals surface area (Å²) < 4.78 is 28.6. The second-order valence-corrected chi connectivity index (χ2v) is 4.15. The summed E-state index contributed by atoms with van der Waals surface area (Å²) >= 11 is 0. The SMILES string of the molecule is CC(C)NC(=O)CO/N=C/c1ccccc1OC(F)F. The number of para-hydroxylation sites is 1. The highest BCUT2D eigenvalue weighted by molar-refractivity contribution is 5.83. The molecule has 0 fully saturated rings. The third-order valence-corrected chi connectivity index (χ3v) is 2.05. The molecule has 110 valence electrons. The van der Waals surface area contributed by atoms with Gasteiger partial charge in [-0.05, 0) is 26.0 Å². The zero-order valence-corrected chi connectivity index (χ0v) is 11.2. The third kappa shape index (κ3) is 6.12. The highest BCUT2D eigenvalue weighted by Crippen LogP contribution is 2.18. The van der Waals surface area contributed by atoms with Crippen molar-refractivity contribution in [3.8, 4) is 5.75 Å². The summed E-state index contributed by atoms with van der Waals surface area (Å²) in [5.74, 6) is -0.323. The maximum absolute atomic E-state index is 12.2. The summed E-state index contributed by atoms with van der Waals surface area (Å²) in [6, 6.07) is 6.14. The summed E-state index contributed by atoms with van der Waals surface area (Å²) in [5.41, 5.74) is 0.331. The molecular formula is C13H16F2N2O3. The predicted octanol–water partition coefficient (Wildman–Crippen LogP) is 2.16. The number of rotatable bonds is 7.